The first-order valence-corrected chi connectivity index (χ1v) is 9.50. The van der Waals surface area contributed by atoms with Crippen LogP contribution < -0.4 is 10.9 Å². The van der Waals surface area contributed by atoms with Crippen molar-refractivity contribution in [1.82, 2.24) is 9.55 Å². The van der Waals surface area contributed by atoms with Gasteiger partial charge in [-0.25, -0.2) is 13.2 Å². The fraction of sp³-hybridized carbons (Fsp3) is 0.227. The van der Waals surface area contributed by atoms with Crippen LogP contribution in [0.15, 0.2) is 40.2 Å². The van der Waals surface area contributed by atoms with Crippen molar-refractivity contribution in [1.29, 1.82) is 0 Å². The first-order chi connectivity index (χ1) is 14.9. The Morgan fingerprint density at radius 3 is 2.52 bits per heavy atom. The smallest absolute Gasteiger partial charge is 0.283 e. The molecular formula is C22H19F3N4O2. The fourth-order valence-corrected chi connectivity index (χ4v) is 3.46. The van der Waals surface area contributed by atoms with E-state index in [4.69, 9.17) is 4.74 Å². The van der Waals surface area contributed by atoms with Crippen LogP contribution in [0.5, 0.6) is 0 Å². The third kappa shape index (κ3) is 4.22. The first-order valence-electron chi connectivity index (χ1n) is 9.50. The topological polar surface area (TPSA) is 68.5 Å². The molecule has 0 saturated carbocycles. The summed E-state index contributed by atoms with van der Waals surface area (Å²) < 4.78 is 47.7. The van der Waals surface area contributed by atoms with Gasteiger partial charge in [-0.15, -0.1) is 0 Å². The number of fused-ring (bicyclic) bond motifs is 1. The Labute approximate surface area is 176 Å². The minimum atomic E-state index is -1.53. The summed E-state index contributed by atoms with van der Waals surface area (Å²) in [4.78, 5) is 20.3. The summed E-state index contributed by atoms with van der Waals surface area (Å²) >= 11 is 0. The second kappa shape index (κ2) is 8.35. The lowest BCUT2D eigenvalue weighted by atomic mass is 10.1. The lowest BCUT2D eigenvalue weighted by Gasteiger charge is -2.17. The molecule has 0 spiro atoms. The number of aromatic nitrogens is 2. The van der Waals surface area contributed by atoms with E-state index in [2.05, 4.69) is 15.3 Å². The highest BCUT2D eigenvalue weighted by Crippen LogP contribution is 2.28. The van der Waals surface area contributed by atoms with Gasteiger partial charge in [-0.3, -0.25) is 9.79 Å². The maximum Gasteiger partial charge on any atom is 0.283 e. The molecule has 31 heavy (non-hydrogen) atoms. The van der Waals surface area contributed by atoms with E-state index in [0.29, 0.717) is 13.2 Å². The molecule has 0 fully saturated rings. The van der Waals surface area contributed by atoms with Crippen molar-refractivity contribution in [3.63, 3.8) is 0 Å². The van der Waals surface area contributed by atoms with Crippen LogP contribution in [0.1, 0.15) is 27.8 Å². The predicted octanol–water partition coefficient (Wildman–Crippen LogP) is 3.84. The highest BCUT2D eigenvalue weighted by atomic mass is 19.2. The van der Waals surface area contributed by atoms with Gasteiger partial charge in [0.2, 0.25) is 5.95 Å². The summed E-state index contributed by atoms with van der Waals surface area (Å²) in [5, 5.41) is 3.13. The van der Waals surface area contributed by atoms with E-state index in [0.717, 1.165) is 34.5 Å². The monoisotopic (exact) mass is 428 g/mol. The third-order valence-corrected chi connectivity index (χ3v) is 4.99. The van der Waals surface area contributed by atoms with Crippen molar-refractivity contribution in [2.24, 2.45) is 4.99 Å². The normalized spacial score (nSPS) is 13.1. The van der Waals surface area contributed by atoms with Crippen LogP contribution in [0.2, 0.25) is 0 Å². The number of nitrogens with zero attached hydrogens (tertiary/aromatic N) is 3. The number of ether oxygens (including phenoxy) is 1. The molecule has 2 heterocycles. The standard InChI is InChI=1S/C22H19F3N4O2/c1-12-3-14-10-31-11-15(14)6-19(12)27-22-28-21(30)16(7-26-2)9-29(22)8-13-4-17(23)20(25)18(24)5-13/h3-7,9H,8,10-11H2,1-2H3,(H,27,28,30)/b26-7+. The van der Waals surface area contributed by atoms with Crippen LogP contribution >= 0.6 is 0 Å². The number of benzene rings is 2. The van der Waals surface area contributed by atoms with Crippen LogP contribution in [0.3, 0.4) is 0 Å². The van der Waals surface area contributed by atoms with Gasteiger partial charge in [-0.05, 0) is 47.4 Å². The van der Waals surface area contributed by atoms with Crippen LogP contribution in [0.25, 0.3) is 0 Å². The van der Waals surface area contributed by atoms with Gasteiger partial charge in [0.15, 0.2) is 17.5 Å². The molecule has 1 aliphatic rings. The van der Waals surface area contributed by atoms with Gasteiger partial charge in [0, 0.05) is 25.1 Å². The Balaban J connectivity index is 1.77. The van der Waals surface area contributed by atoms with Crippen molar-refractivity contribution in [3.8, 4) is 0 Å². The van der Waals surface area contributed by atoms with E-state index in [9.17, 15) is 18.0 Å². The molecule has 1 aromatic heterocycles. The van der Waals surface area contributed by atoms with Crippen LogP contribution in [0, 0.1) is 24.4 Å². The maximum absolute atomic E-state index is 13.7. The molecule has 0 bridgehead atoms. The summed E-state index contributed by atoms with van der Waals surface area (Å²) in [6, 6.07) is 5.74. The van der Waals surface area contributed by atoms with Gasteiger partial charge in [0.1, 0.15) is 0 Å². The first kappa shape index (κ1) is 20.8. The molecule has 0 aliphatic carbocycles. The minimum absolute atomic E-state index is 0.0542. The SMILES string of the molecule is C/N=C/c1cn(Cc2cc(F)c(F)c(F)c2)c(Nc2cc3c(cc2C)COC3)nc1=O. The van der Waals surface area contributed by atoms with E-state index in [-0.39, 0.29) is 23.6 Å². The molecule has 9 heteroatoms. The van der Waals surface area contributed by atoms with Crippen molar-refractivity contribution in [2.45, 2.75) is 26.7 Å². The van der Waals surface area contributed by atoms with Gasteiger partial charge >= 0.3 is 0 Å². The average molecular weight is 428 g/mol. The second-order valence-electron chi connectivity index (χ2n) is 7.27. The Bertz CT molecular complexity index is 1230. The quantitative estimate of drug-likeness (QED) is 0.495. The van der Waals surface area contributed by atoms with Crippen molar-refractivity contribution in [2.75, 3.05) is 12.4 Å². The Hall–Kier alpha value is -3.46. The Kier molecular flexibility index (Phi) is 5.60. The molecule has 0 unspecified atom stereocenters. The maximum atomic E-state index is 13.7. The Morgan fingerprint density at radius 1 is 1.16 bits per heavy atom. The number of hydrogen-bond acceptors (Lipinski definition) is 5. The molecule has 0 saturated heterocycles. The number of aryl methyl sites for hydroxylation is 1. The van der Waals surface area contributed by atoms with Crippen molar-refractivity contribution < 1.29 is 17.9 Å². The molecule has 0 amide bonds. The molecule has 1 aliphatic heterocycles. The summed E-state index contributed by atoms with van der Waals surface area (Å²) in [6.07, 6.45) is 2.83. The lowest BCUT2D eigenvalue weighted by Crippen LogP contribution is -2.21. The molecule has 160 valence electrons. The molecule has 0 atom stereocenters. The van der Waals surface area contributed by atoms with Crippen LogP contribution in [-0.4, -0.2) is 22.8 Å². The third-order valence-electron chi connectivity index (χ3n) is 4.99. The number of hydrogen-bond donors (Lipinski definition) is 1. The van der Waals surface area contributed by atoms with E-state index in [1.807, 2.05) is 19.1 Å². The van der Waals surface area contributed by atoms with E-state index >= 15 is 0 Å². The fourth-order valence-electron chi connectivity index (χ4n) is 3.46. The predicted molar refractivity (Wildman–Crippen MR) is 110 cm³/mol. The largest absolute Gasteiger partial charge is 0.372 e. The molecule has 1 N–H and O–H groups in total. The van der Waals surface area contributed by atoms with Crippen molar-refractivity contribution >= 4 is 17.9 Å². The molecule has 3 aromatic rings. The molecular weight excluding hydrogens is 409 g/mol. The molecule has 0 radical (unpaired) electrons. The van der Waals surface area contributed by atoms with Crippen LogP contribution in [0.4, 0.5) is 24.8 Å². The zero-order valence-corrected chi connectivity index (χ0v) is 16.9. The summed E-state index contributed by atoms with van der Waals surface area (Å²) in [5.41, 5.74) is 3.63. The highest BCUT2D eigenvalue weighted by molar-refractivity contribution is 5.78. The van der Waals surface area contributed by atoms with Gasteiger partial charge < -0.3 is 14.6 Å². The zero-order chi connectivity index (χ0) is 22.1. The van der Waals surface area contributed by atoms with E-state index < -0.39 is 23.0 Å². The number of nitrogens with one attached hydrogen (secondary N) is 1. The number of rotatable bonds is 5. The number of anilines is 2. The van der Waals surface area contributed by atoms with Gasteiger partial charge in [0.25, 0.3) is 5.56 Å². The molecule has 6 nitrogen and oxygen atoms in total. The summed E-state index contributed by atoms with van der Waals surface area (Å²) in [6.45, 7) is 2.89. The summed E-state index contributed by atoms with van der Waals surface area (Å²) in [5.74, 6) is -3.94. The van der Waals surface area contributed by atoms with Gasteiger partial charge in [-0.2, -0.15) is 4.98 Å². The second-order valence-corrected chi connectivity index (χ2v) is 7.27. The highest BCUT2D eigenvalue weighted by Gasteiger charge is 2.17. The summed E-state index contributed by atoms with van der Waals surface area (Å²) in [7, 11) is 1.51. The van der Waals surface area contributed by atoms with E-state index in [1.54, 1.807) is 0 Å². The van der Waals surface area contributed by atoms with E-state index in [1.165, 1.54) is 24.0 Å². The average Bonchev–Trinajstić information content (AvgIpc) is 3.17. The van der Waals surface area contributed by atoms with Crippen LogP contribution in [-0.2, 0) is 24.5 Å². The Morgan fingerprint density at radius 2 is 1.84 bits per heavy atom. The van der Waals surface area contributed by atoms with Crippen molar-refractivity contribution in [3.05, 3.63) is 86.1 Å². The number of halogens is 3. The molecule has 2 aromatic carbocycles. The zero-order valence-electron chi connectivity index (χ0n) is 16.9. The molecule has 4 rings (SSSR count). The van der Waals surface area contributed by atoms with Gasteiger partial charge in [-0.1, -0.05) is 6.07 Å². The number of aliphatic imine (C=N–C) groups is 1. The minimum Gasteiger partial charge on any atom is -0.372 e. The van der Waals surface area contributed by atoms with Gasteiger partial charge in [0.05, 0.1) is 25.3 Å². The lowest BCUT2D eigenvalue weighted by molar-refractivity contribution is 0.134.